The number of rotatable bonds is 1. The topological polar surface area (TPSA) is 38.3 Å². The number of hydrogen-bond donors (Lipinski definition) is 1. The Bertz CT molecular complexity index is 174. The van der Waals surface area contributed by atoms with E-state index in [-0.39, 0.29) is 24.4 Å². The number of piperidine rings is 1. The molecule has 2 fully saturated rings. The summed E-state index contributed by atoms with van der Waals surface area (Å²) in [4.78, 5) is 11.0. The molecular formula is C7H12ClNO2. The fraction of sp³-hybridized carbons (Fsp3) is 0.857. The van der Waals surface area contributed by atoms with Gasteiger partial charge in [0.2, 0.25) is 0 Å². The first-order chi connectivity index (χ1) is 4.83. The van der Waals surface area contributed by atoms with Gasteiger partial charge in [-0.1, -0.05) is 0 Å². The Kier molecular flexibility index (Phi) is 2.40. The second-order valence-corrected chi connectivity index (χ2v) is 3.07. The Morgan fingerprint density at radius 3 is 2.73 bits per heavy atom. The average Bonchev–Trinajstić information content (AvgIpc) is 2.62. The Morgan fingerprint density at radius 1 is 1.64 bits per heavy atom. The smallest absolute Gasteiger partial charge is 0.323 e. The number of halogens is 1. The molecule has 0 spiro atoms. The SMILES string of the molecule is COC(=O)[C@@H]1NC[C@@H]2C[C@@H]21.Cl. The lowest BCUT2D eigenvalue weighted by Crippen LogP contribution is -2.35. The maximum absolute atomic E-state index is 11.0. The number of methoxy groups -OCH3 is 1. The van der Waals surface area contributed by atoms with Gasteiger partial charge in [-0.05, 0) is 24.8 Å². The number of carbonyl (C=O) groups excluding carboxylic acids is 1. The normalized spacial score (nSPS) is 38.8. The molecule has 0 radical (unpaired) electrons. The lowest BCUT2D eigenvalue weighted by Gasteiger charge is -2.08. The van der Waals surface area contributed by atoms with Gasteiger partial charge in [0.05, 0.1) is 7.11 Å². The van der Waals surface area contributed by atoms with E-state index in [1.54, 1.807) is 0 Å². The molecule has 1 aliphatic carbocycles. The molecule has 0 aromatic heterocycles. The van der Waals surface area contributed by atoms with Crippen LogP contribution in [0.15, 0.2) is 0 Å². The summed E-state index contributed by atoms with van der Waals surface area (Å²) in [6.45, 7) is 1.00. The quantitative estimate of drug-likeness (QED) is 0.582. The standard InChI is InChI=1S/C7H11NO2.ClH/c1-10-7(9)6-5-2-4(5)3-8-6;/h4-6,8H,2-3H2,1H3;1H/t4-,5-,6+;/m0./s1. The van der Waals surface area contributed by atoms with Crippen LogP contribution in [-0.4, -0.2) is 25.7 Å². The summed E-state index contributed by atoms with van der Waals surface area (Å²) < 4.78 is 4.63. The van der Waals surface area contributed by atoms with E-state index < -0.39 is 0 Å². The molecule has 64 valence electrons. The van der Waals surface area contributed by atoms with Gasteiger partial charge in [-0.15, -0.1) is 12.4 Å². The van der Waals surface area contributed by atoms with Crippen molar-refractivity contribution < 1.29 is 9.53 Å². The van der Waals surface area contributed by atoms with Crippen molar-refractivity contribution >= 4 is 18.4 Å². The van der Waals surface area contributed by atoms with Crippen LogP contribution in [0.3, 0.4) is 0 Å². The summed E-state index contributed by atoms with van der Waals surface area (Å²) in [6.07, 6.45) is 1.22. The molecule has 11 heavy (non-hydrogen) atoms. The second-order valence-electron chi connectivity index (χ2n) is 3.07. The third kappa shape index (κ3) is 1.35. The molecule has 0 unspecified atom stereocenters. The molecule has 3 atom stereocenters. The van der Waals surface area contributed by atoms with Crippen LogP contribution < -0.4 is 5.32 Å². The molecule has 1 saturated carbocycles. The molecule has 0 amide bonds. The van der Waals surface area contributed by atoms with Crippen molar-refractivity contribution in [3.8, 4) is 0 Å². The zero-order valence-electron chi connectivity index (χ0n) is 6.37. The lowest BCUT2D eigenvalue weighted by molar-refractivity contribution is -0.143. The molecule has 0 bridgehead atoms. The van der Waals surface area contributed by atoms with Gasteiger partial charge < -0.3 is 10.1 Å². The Balaban J connectivity index is 0.000000605. The van der Waals surface area contributed by atoms with Crippen molar-refractivity contribution in [1.82, 2.24) is 5.32 Å². The molecule has 1 heterocycles. The Hall–Kier alpha value is -0.280. The van der Waals surface area contributed by atoms with Crippen LogP contribution in [0.2, 0.25) is 0 Å². The molecule has 1 N–H and O–H groups in total. The number of esters is 1. The van der Waals surface area contributed by atoms with E-state index in [2.05, 4.69) is 10.1 Å². The minimum atomic E-state index is -0.0926. The van der Waals surface area contributed by atoms with Gasteiger partial charge in [0, 0.05) is 0 Å². The van der Waals surface area contributed by atoms with E-state index in [1.807, 2.05) is 0 Å². The highest BCUT2D eigenvalue weighted by atomic mass is 35.5. The monoisotopic (exact) mass is 177 g/mol. The fourth-order valence-corrected chi connectivity index (χ4v) is 1.73. The molecule has 1 saturated heterocycles. The summed E-state index contributed by atoms with van der Waals surface area (Å²) in [5.74, 6) is 1.27. The summed E-state index contributed by atoms with van der Waals surface area (Å²) in [5.41, 5.74) is 0. The summed E-state index contributed by atoms with van der Waals surface area (Å²) >= 11 is 0. The van der Waals surface area contributed by atoms with E-state index >= 15 is 0 Å². The predicted octanol–water partition coefficient (Wildman–Crippen LogP) is 0.189. The van der Waals surface area contributed by atoms with Crippen LogP contribution in [0.4, 0.5) is 0 Å². The first-order valence-electron chi connectivity index (χ1n) is 3.64. The highest BCUT2D eigenvalue weighted by Gasteiger charge is 2.51. The fourth-order valence-electron chi connectivity index (χ4n) is 1.73. The van der Waals surface area contributed by atoms with Gasteiger partial charge in [0.15, 0.2) is 0 Å². The van der Waals surface area contributed by atoms with Gasteiger partial charge in [0.1, 0.15) is 6.04 Å². The first kappa shape index (κ1) is 8.81. The van der Waals surface area contributed by atoms with Crippen LogP contribution in [0.25, 0.3) is 0 Å². The van der Waals surface area contributed by atoms with Crippen LogP contribution in [-0.2, 0) is 9.53 Å². The van der Waals surface area contributed by atoms with Gasteiger partial charge in [-0.2, -0.15) is 0 Å². The minimum Gasteiger partial charge on any atom is -0.468 e. The third-order valence-corrected chi connectivity index (χ3v) is 2.46. The molecule has 1 aliphatic heterocycles. The van der Waals surface area contributed by atoms with Crippen molar-refractivity contribution in [3.63, 3.8) is 0 Å². The second kappa shape index (κ2) is 2.99. The number of nitrogens with one attached hydrogen (secondary N) is 1. The van der Waals surface area contributed by atoms with Gasteiger partial charge >= 0.3 is 5.97 Å². The van der Waals surface area contributed by atoms with E-state index in [1.165, 1.54) is 13.5 Å². The maximum Gasteiger partial charge on any atom is 0.323 e. The van der Waals surface area contributed by atoms with E-state index in [0.29, 0.717) is 5.92 Å². The number of fused-ring (bicyclic) bond motifs is 1. The Morgan fingerprint density at radius 2 is 2.36 bits per heavy atom. The Labute approximate surface area is 71.9 Å². The van der Waals surface area contributed by atoms with Crippen molar-refractivity contribution in [3.05, 3.63) is 0 Å². The highest BCUT2D eigenvalue weighted by molar-refractivity contribution is 5.85. The molecule has 2 rings (SSSR count). The van der Waals surface area contributed by atoms with E-state index in [0.717, 1.165) is 12.5 Å². The first-order valence-corrected chi connectivity index (χ1v) is 3.64. The van der Waals surface area contributed by atoms with Crippen molar-refractivity contribution in [2.75, 3.05) is 13.7 Å². The molecule has 0 aromatic rings. The lowest BCUT2D eigenvalue weighted by atomic mass is 10.2. The molecule has 4 heteroatoms. The van der Waals surface area contributed by atoms with Gasteiger partial charge in [-0.25, -0.2) is 0 Å². The number of hydrogen-bond acceptors (Lipinski definition) is 3. The molecule has 3 nitrogen and oxygen atoms in total. The van der Waals surface area contributed by atoms with Gasteiger partial charge in [-0.3, -0.25) is 4.79 Å². The number of ether oxygens (including phenoxy) is 1. The van der Waals surface area contributed by atoms with E-state index in [4.69, 9.17) is 0 Å². The zero-order chi connectivity index (χ0) is 7.14. The molecule has 2 aliphatic rings. The van der Waals surface area contributed by atoms with Crippen molar-refractivity contribution in [2.24, 2.45) is 11.8 Å². The summed E-state index contributed by atoms with van der Waals surface area (Å²) in [5, 5.41) is 3.13. The number of carbonyl (C=O) groups is 1. The molecular weight excluding hydrogens is 166 g/mol. The van der Waals surface area contributed by atoms with Crippen LogP contribution >= 0.6 is 12.4 Å². The minimum absolute atomic E-state index is 0. The zero-order valence-corrected chi connectivity index (χ0v) is 7.19. The predicted molar refractivity (Wildman–Crippen MR) is 42.7 cm³/mol. The molecule has 0 aromatic carbocycles. The van der Waals surface area contributed by atoms with Crippen LogP contribution in [0.5, 0.6) is 0 Å². The van der Waals surface area contributed by atoms with Gasteiger partial charge in [0.25, 0.3) is 0 Å². The van der Waals surface area contributed by atoms with Crippen molar-refractivity contribution in [2.45, 2.75) is 12.5 Å². The average molecular weight is 178 g/mol. The van der Waals surface area contributed by atoms with Crippen LogP contribution in [0.1, 0.15) is 6.42 Å². The van der Waals surface area contributed by atoms with Crippen LogP contribution in [0, 0.1) is 11.8 Å². The van der Waals surface area contributed by atoms with E-state index in [9.17, 15) is 4.79 Å². The highest BCUT2D eigenvalue weighted by Crippen LogP contribution is 2.45. The summed E-state index contributed by atoms with van der Waals surface area (Å²) in [7, 11) is 1.44. The largest absolute Gasteiger partial charge is 0.468 e. The maximum atomic E-state index is 11.0. The summed E-state index contributed by atoms with van der Waals surface area (Å²) in [6, 6.07) is 0.00926. The third-order valence-electron chi connectivity index (χ3n) is 2.46. The van der Waals surface area contributed by atoms with Crippen molar-refractivity contribution in [1.29, 1.82) is 0 Å².